The maximum Gasteiger partial charge on any atom is 0.164 e. The number of rotatable bonds is 6. The third-order valence-corrected chi connectivity index (χ3v) is 13.1. The summed E-state index contributed by atoms with van der Waals surface area (Å²) in [4.78, 5) is 15.8. The van der Waals surface area contributed by atoms with Gasteiger partial charge in [-0.15, -0.1) is 0 Å². The van der Waals surface area contributed by atoms with Crippen LogP contribution < -0.4 is 0 Å². The number of hydrogen-bond acceptors (Lipinski definition) is 3. The smallest absolute Gasteiger partial charge is 0.164 e. The van der Waals surface area contributed by atoms with E-state index in [4.69, 9.17) is 15.0 Å². The molecule has 0 saturated heterocycles. The topological polar surface area (TPSA) is 38.7 Å². The molecule has 0 unspecified atom stereocenters. The highest BCUT2D eigenvalue weighted by Crippen LogP contribution is 2.50. The van der Waals surface area contributed by atoms with Crippen LogP contribution in [0.3, 0.4) is 0 Å². The molecule has 1 aliphatic rings. The monoisotopic (exact) mass is 803 g/mol. The summed E-state index contributed by atoms with van der Waals surface area (Å²) >= 11 is 0. The Balaban J connectivity index is 1.00. The first kappa shape index (κ1) is 36.8. The van der Waals surface area contributed by atoms with Gasteiger partial charge in [-0.25, -0.2) is 15.0 Å². The van der Waals surface area contributed by atoms with Gasteiger partial charge < -0.3 is 0 Å². The van der Waals surface area contributed by atoms with E-state index in [1.165, 1.54) is 65.7 Å². The van der Waals surface area contributed by atoms with Gasteiger partial charge in [0.05, 0.1) is 0 Å². The van der Waals surface area contributed by atoms with E-state index in [9.17, 15) is 0 Å². The highest BCUT2D eigenvalue weighted by atomic mass is 15.0. The second-order valence-corrected chi connectivity index (χ2v) is 17.2. The summed E-state index contributed by atoms with van der Waals surface area (Å²) in [6.07, 6.45) is 0. The van der Waals surface area contributed by atoms with Crippen molar-refractivity contribution < 1.29 is 0 Å². The lowest BCUT2D eigenvalue weighted by Crippen LogP contribution is -2.14. The third kappa shape index (κ3) is 6.15. The average molecular weight is 804 g/mol. The van der Waals surface area contributed by atoms with Crippen LogP contribution >= 0.6 is 0 Å². The van der Waals surface area contributed by atoms with Crippen molar-refractivity contribution in [3.63, 3.8) is 0 Å². The zero-order chi connectivity index (χ0) is 42.1. The van der Waals surface area contributed by atoms with Crippen LogP contribution in [0.15, 0.2) is 212 Å². The van der Waals surface area contributed by atoms with Crippen molar-refractivity contribution in [3.05, 3.63) is 223 Å². The van der Waals surface area contributed by atoms with Gasteiger partial charge in [-0.1, -0.05) is 214 Å². The van der Waals surface area contributed by atoms with E-state index in [1.807, 2.05) is 6.07 Å². The molecule has 0 atom stereocenters. The maximum absolute atomic E-state index is 5.30. The molecular formula is C60H41N3. The highest BCUT2D eigenvalue weighted by Gasteiger charge is 2.35. The fraction of sp³-hybridized carbons (Fsp3) is 0.0500. The molecule has 3 nitrogen and oxygen atoms in total. The van der Waals surface area contributed by atoms with Gasteiger partial charge in [-0.2, -0.15) is 0 Å². The molecule has 10 aromatic carbocycles. The van der Waals surface area contributed by atoms with Gasteiger partial charge in [0.15, 0.2) is 17.5 Å². The second kappa shape index (κ2) is 14.6. The van der Waals surface area contributed by atoms with Gasteiger partial charge in [0.2, 0.25) is 0 Å². The Morgan fingerprint density at radius 2 is 0.810 bits per heavy atom. The molecule has 11 aromatic rings. The van der Waals surface area contributed by atoms with Gasteiger partial charge in [0.1, 0.15) is 0 Å². The minimum Gasteiger partial charge on any atom is -0.208 e. The van der Waals surface area contributed by atoms with E-state index in [0.29, 0.717) is 17.5 Å². The van der Waals surface area contributed by atoms with Crippen molar-refractivity contribution in [2.45, 2.75) is 19.3 Å². The zero-order valence-electron chi connectivity index (χ0n) is 35.0. The number of nitrogens with zero attached hydrogens (tertiary/aromatic N) is 3. The minimum atomic E-state index is -0.116. The normalized spacial score (nSPS) is 12.7. The summed E-state index contributed by atoms with van der Waals surface area (Å²) in [7, 11) is 0. The highest BCUT2D eigenvalue weighted by molar-refractivity contribution is 6.20. The summed E-state index contributed by atoms with van der Waals surface area (Å²) in [6.45, 7) is 4.66. The zero-order valence-corrected chi connectivity index (χ0v) is 35.0. The molecule has 296 valence electrons. The van der Waals surface area contributed by atoms with E-state index in [2.05, 4.69) is 220 Å². The fourth-order valence-electron chi connectivity index (χ4n) is 9.92. The van der Waals surface area contributed by atoms with Gasteiger partial charge in [0, 0.05) is 22.1 Å². The van der Waals surface area contributed by atoms with Crippen LogP contribution in [0.25, 0.3) is 111 Å². The molecule has 0 amide bonds. The molecule has 0 aliphatic heterocycles. The fourth-order valence-corrected chi connectivity index (χ4v) is 9.92. The average Bonchev–Trinajstić information content (AvgIpc) is 3.58. The summed E-state index contributed by atoms with van der Waals surface area (Å²) in [5.74, 6) is 1.89. The second-order valence-electron chi connectivity index (χ2n) is 17.2. The van der Waals surface area contributed by atoms with Crippen molar-refractivity contribution in [1.29, 1.82) is 0 Å². The van der Waals surface area contributed by atoms with Crippen LogP contribution in [0.5, 0.6) is 0 Å². The summed E-state index contributed by atoms with van der Waals surface area (Å²) in [6, 6.07) is 76.2. The Labute approximate surface area is 367 Å². The molecule has 0 spiro atoms. The first-order chi connectivity index (χ1) is 31.0. The minimum absolute atomic E-state index is 0.116. The summed E-state index contributed by atoms with van der Waals surface area (Å²) in [5, 5.41) is 7.44. The number of benzene rings is 10. The van der Waals surface area contributed by atoms with Crippen LogP contribution in [0.2, 0.25) is 0 Å². The first-order valence-electron chi connectivity index (χ1n) is 21.7. The predicted molar refractivity (Wildman–Crippen MR) is 263 cm³/mol. The first-order valence-corrected chi connectivity index (χ1v) is 21.7. The van der Waals surface area contributed by atoms with E-state index in [-0.39, 0.29) is 5.41 Å². The van der Waals surface area contributed by atoms with Crippen LogP contribution in [0.1, 0.15) is 25.0 Å². The number of hydrogen-bond donors (Lipinski definition) is 0. The van der Waals surface area contributed by atoms with Gasteiger partial charge in [-0.3, -0.25) is 0 Å². The van der Waals surface area contributed by atoms with Crippen molar-refractivity contribution in [2.75, 3.05) is 0 Å². The molecule has 1 aromatic heterocycles. The van der Waals surface area contributed by atoms with Gasteiger partial charge in [-0.05, 0) is 100 Å². The van der Waals surface area contributed by atoms with Crippen LogP contribution in [-0.4, -0.2) is 15.0 Å². The van der Waals surface area contributed by atoms with Gasteiger partial charge in [0.25, 0.3) is 0 Å². The molecule has 0 saturated carbocycles. The number of fused-ring (bicyclic) bond motifs is 7. The van der Waals surface area contributed by atoms with Crippen LogP contribution in [0.4, 0.5) is 0 Å². The van der Waals surface area contributed by atoms with Crippen molar-refractivity contribution in [2.24, 2.45) is 0 Å². The Morgan fingerprint density at radius 3 is 1.56 bits per heavy atom. The van der Waals surface area contributed by atoms with Crippen LogP contribution in [0, 0.1) is 0 Å². The van der Waals surface area contributed by atoms with E-state index >= 15 is 0 Å². The summed E-state index contributed by atoms with van der Waals surface area (Å²) in [5.41, 5.74) is 14.9. The van der Waals surface area contributed by atoms with E-state index in [0.717, 1.165) is 38.9 Å². The van der Waals surface area contributed by atoms with Crippen molar-refractivity contribution >= 4 is 32.3 Å². The Hall–Kier alpha value is -8.01. The van der Waals surface area contributed by atoms with Crippen LogP contribution in [-0.2, 0) is 5.41 Å². The van der Waals surface area contributed by atoms with Crippen molar-refractivity contribution in [1.82, 2.24) is 15.0 Å². The maximum atomic E-state index is 5.30. The summed E-state index contributed by atoms with van der Waals surface area (Å²) < 4.78 is 0. The van der Waals surface area contributed by atoms with E-state index in [1.54, 1.807) is 0 Å². The Morgan fingerprint density at radius 1 is 0.286 bits per heavy atom. The molecule has 0 bridgehead atoms. The SMILES string of the molecule is CC1(C)c2ccccc2-c2ccc(-c3ccccc3-c3nc(-c4ccc(-c5ccccc5)cc4)nc(-c4ccc(-c5c6ccccc6cc6c5ccc5ccccc56)cc4)n3)cc21. The van der Waals surface area contributed by atoms with Gasteiger partial charge >= 0.3 is 0 Å². The quantitative estimate of drug-likeness (QED) is 0.124. The lowest BCUT2D eigenvalue weighted by molar-refractivity contribution is 0.660. The molecule has 1 heterocycles. The van der Waals surface area contributed by atoms with Crippen molar-refractivity contribution in [3.8, 4) is 78.7 Å². The molecule has 0 fully saturated rings. The molecule has 63 heavy (non-hydrogen) atoms. The Bertz CT molecular complexity index is 3570. The standard InChI is InChI=1S/C60H41N3/c1-60(2)54-23-13-12-21-49(54)50-34-33-45(37-55(50)60)47-19-10-11-22-52(47)59-62-57(42-28-24-39(25-29-42)38-14-4-3-5-15-38)61-58(63-59)43-30-26-41(27-31-43)56-48-20-9-7-17-44(48)36-53-46-18-8-6-16-40(46)32-35-51(53)56/h3-37H,1-2H3. The molecule has 0 N–H and O–H groups in total. The lowest BCUT2D eigenvalue weighted by atomic mass is 9.81. The largest absolute Gasteiger partial charge is 0.208 e. The predicted octanol–water partition coefficient (Wildman–Crippen LogP) is 15.6. The van der Waals surface area contributed by atoms with E-state index < -0.39 is 0 Å². The lowest BCUT2D eigenvalue weighted by Gasteiger charge is -2.22. The molecular weight excluding hydrogens is 763 g/mol. The molecule has 0 radical (unpaired) electrons. The Kier molecular flexibility index (Phi) is 8.52. The molecule has 12 rings (SSSR count). The number of aromatic nitrogens is 3. The molecule has 1 aliphatic carbocycles. The molecule has 3 heteroatoms. The third-order valence-electron chi connectivity index (χ3n) is 13.1.